The summed E-state index contributed by atoms with van der Waals surface area (Å²) in [6.07, 6.45) is -2.30. The molecule has 29 heavy (non-hydrogen) atoms. The average Bonchev–Trinajstić information content (AvgIpc) is 2.63. The van der Waals surface area contributed by atoms with E-state index in [9.17, 15) is 32.0 Å². The van der Waals surface area contributed by atoms with Gasteiger partial charge in [0.15, 0.2) is 17.8 Å². The van der Waals surface area contributed by atoms with Crippen molar-refractivity contribution in [2.45, 2.75) is 6.18 Å². The van der Waals surface area contributed by atoms with E-state index >= 15 is 0 Å². The van der Waals surface area contributed by atoms with Gasteiger partial charge in [0.2, 0.25) is 12.1 Å². The zero-order chi connectivity index (χ0) is 21.2. The van der Waals surface area contributed by atoms with E-state index in [0.29, 0.717) is 23.1 Å². The fourth-order valence-electron chi connectivity index (χ4n) is 2.24. The number of rotatable bonds is 4. The molecule has 0 saturated carbocycles. The third-order valence-corrected chi connectivity index (χ3v) is 3.56. The predicted octanol–water partition coefficient (Wildman–Crippen LogP) is 4.06. The Morgan fingerprint density at radius 2 is 1.93 bits per heavy atom. The number of alkyl halides is 3. The summed E-state index contributed by atoms with van der Waals surface area (Å²) >= 11 is 0. The minimum atomic E-state index is -4.81. The second-order valence-electron chi connectivity index (χ2n) is 5.66. The van der Waals surface area contributed by atoms with Crippen molar-refractivity contribution in [2.75, 3.05) is 5.32 Å². The lowest BCUT2D eigenvalue weighted by molar-refractivity contribution is -0.604. The molecule has 2 heterocycles. The molecule has 0 atom stereocenters. The van der Waals surface area contributed by atoms with Gasteiger partial charge >= 0.3 is 6.18 Å². The molecule has 0 radical (unpaired) electrons. The molecule has 6 nitrogen and oxygen atoms in total. The van der Waals surface area contributed by atoms with Crippen LogP contribution < -0.4 is 14.8 Å². The smallest absolute Gasteiger partial charge is 0.417 e. The first-order valence-electron chi connectivity index (χ1n) is 7.84. The van der Waals surface area contributed by atoms with Gasteiger partial charge in [-0.25, -0.2) is 13.8 Å². The topological polar surface area (TPSA) is 78.2 Å². The Labute approximate surface area is 159 Å². The molecule has 0 aliphatic carbocycles. The normalized spacial score (nSPS) is 11.2. The van der Waals surface area contributed by atoms with Crippen LogP contribution in [0.2, 0.25) is 0 Å². The van der Waals surface area contributed by atoms with E-state index < -0.39 is 46.5 Å². The molecule has 0 bridgehead atoms. The lowest BCUT2D eigenvalue weighted by Crippen LogP contribution is -2.25. The molecule has 3 rings (SSSR count). The molecular weight excluding hydrogens is 401 g/mol. The number of nitrogens with one attached hydrogen (secondary N) is 1. The second kappa shape index (κ2) is 7.70. The third kappa shape index (κ3) is 4.75. The first-order chi connectivity index (χ1) is 13.6. The zero-order valence-corrected chi connectivity index (χ0v) is 14.2. The number of pyridine rings is 2. The van der Waals surface area contributed by atoms with Crippen LogP contribution in [0.4, 0.5) is 27.6 Å². The molecule has 0 aliphatic heterocycles. The van der Waals surface area contributed by atoms with E-state index in [1.54, 1.807) is 0 Å². The number of ether oxygens (including phenoxy) is 1. The molecule has 0 saturated heterocycles. The highest BCUT2D eigenvalue weighted by Gasteiger charge is 2.33. The van der Waals surface area contributed by atoms with Gasteiger partial charge in [0.1, 0.15) is 17.1 Å². The molecule has 11 heteroatoms. The fraction of sp³-hybridized carbons (Fsp3) is 0.0556. The molecule has 1 aromatic carbocycles. The minimum absolute atomic E-state index is 0.0103. The summed E-state index contributed by atoms with van der Waals surface area (Å²) in [6.45, 7) is 0. The summed E-state index contributed by atoms with van der Waals surface area (Å²) in [5.74, 6) is -4.33. The summed E-state index contributed by atoms with van der Waals surface area (Å²) in [5.41, 5.74) is -1.93. The number of aromatic nitrogens is 2. The number of nitrogens with zero attached hydrogens (tertiary/aromatic N) is 2. The van der Waals surface area contributed by atoms with E-state index in [2.05, 4.69) is 10.3 Å². The number of benzene rings is 1. The van der Waals surface area contributed by atoms with Crippen molar-refractivity contribution in [1.82, 2.24) is 4.98 Å². The number of carbonyl (C=O) groups is 1. The van der Waals surface area contributed by atoms with E-state index in [1.165, 1.54) is 12.1 Å². The van der Waals surface area contributed by atoms with Gasteiger partial charge in [-0.3, -0.25) is 4.79 Å². The van der Waals surface area contributed by atoms with Crippen molar-refractivity contribution in [3.05, 3.63) is 83.0 Å². The summed E-state index contributed by atoms with van der Waals surface area (Å²) < 4.78 is 71.4. The van der Waals surface area contributed by atoms with E-state index in [1.807, 2.05) is 0 Å². The van der Waals surface area contributed by atoms with Crippen molar-refractivity contribution in [2.24, 2.45) is 0 Å². The molecule has 0 unspecified atom stereocenters. The number of halogens is 5. The van der Waals surface area contributed by atoms with Crippen LogP contribution in [0.5, 0.6) is 11.6 Å². The second-order valence-corrected chi connectivity index (χ2v) is 5.66. The summed E-state index contributed by atoms with van der Waals surface area (Å²) in [5, 5.41) is 13.5. The van der Waals surface area contributed by atoms with Crippen molar-refractivity contribution in [3.63, 3.8) is 0 Å². The van der Waals surface area contributed by atoms with Crippen LogP contribution in [-0.4, -0.2) is 10.9 Å². The van der Waals surface area contributed by atoms with Crippen LogP contribution in [0, 0.1) is 16.8 Å². The van der Waals surface area contributed by atoms with Crippen LogP contribution >= 0.6 is 0 Å². The Bertz CT molecular complexity index is 1070. The summed E-state index contributed by atoms with van der Waals surface area (Å²) in [7, 11) is 0. The van der Waals surface area contributed by atoms with Gasteiger partial charge in [0.05, 0.1) is 5.56 Å². The molecule has 0 spiro atoms. The molecule has 150 valence electrons. The molecule has 0 fully saturated rings. The summed E-state index contributed by atoms with van der Waals surface area (Å²) in [4.78, 5) is 15.9. The van der Waals surface area contributed by atoms with Crippen LogP contribution in [-0.2, 0) is 6.18 Å². The van der Waals surface area contributed by atoms with Gasteiger partial charge in [-0.05, 0) is 24.3 Å². The van der Waals surface area contributed by atoms with Gasteiger partial charge < -0.3 is 15.3 Å². The average molecular weight is 411 g/mol. The van der Waals surface area contributed by atoms with Gasteiger partial charge in [0, 0.05) is 18.3 Å². The molecule has 1 N–H and O–H groups in total. The predicted molar refractivity (Wildman–Crippen MR) is 89.0 cm³/mol. The number of hydrogen-bond acceptors (Lipinski definition) is 4. The standard InChI is InChI=1S/C18H10F5N3O3/c19-11-3-4-15(14(20)7-11)29-17-13(6-10(8-24-17)18(21,22)23)16(27)25-12-2-1-5-26(28)9-12/h1-9H,(H,25,27). The van der Waals surface area contributed by atoms with Gasteiger partial charge in [-0.2, -0.15) is 17.9 Å². The number of carbonyl (C=O) groups excluding carboxylic acids is 1. The van der Waals surface area contributed by atoms with Crippen molar-refractivity contribution >= 4 is 11.6 Å². The van der Waals surface area contributed by atoms with Crippen LogP contribution in [0.15, 0.2) is 55.0 Å². The summed E-state index contributed by atoms with van der Waals surface area (Å²) in [6, 6.07) is 5.34. The molecule has 3 aromatic rings. The van der Waals surface area contributed by atoms with Crippen molar-refractivity contribution in [1.29, 1.82) is 0 Å². The Morgan fingerprint density at radius 1 is 1.17 bits per heavy atom. The number of amides is 1. The fourth-order valence-corrected chi connectivity index (χ4v) is 2.24. The Morgan fingerprint density at radius 3 is 2.59 bits per heavy atom. The third-order valence-electron chi connectivity index (χ3n) is 3.56. The van der Waals surface area contributed by atoms with Crippen LogP contribution in [0.1, 0.15) is 15.9 Å². The van der Waals surface area contributed by atoms with Crippen LogP contribution in [0.25, 0.3) is 0 Å². The highest BCUT2D eigenvalue weighted by atomic mass is 19.4. The van der Waals surface area contributed by atoms with Crippen LogP contribution in [0.3, 0.4) is 0 Å². The molecule has 1 amide bonds. The maximum atomic E-state index is 13.8. The van der Waals surface area contributed by atoms with Gasteiger partial charge in [0.25, 0.3) is 5.91 Å². The molecular formula is C18H10F5N3O3. The van der Waals surface area contributed by atoms with Crippen molar-refractivity contribution in [3.8, 4) is 11.6 Å². The quantitative estimate of drug-likeness (QED) is 0.399. The first kappa shape index (κ1) is 20.0. The lowest BCUT2D eigenvalue weighted by atomic mass is 10.1. The molecule has 0 aliphatic rings. The number of hydrogen-bond donors (Lipinski definition) is 1. The Kier molecular flexibility index (Phi) is 5.31. The zero-order valence-electron chi connectivity index (χ0n) is 14.2. The van der Waals surface area contributed by atoms with E-state index in [4.69, 9.17) is 4.74 Å². The van der Waals surface area contributed by atoms with E-state index in [0.717, 1.165) is 24.5 Å². The van der Waals surface area contributed by atoms with Crippen molar-refractivity contribution < 1.29 is 36.2 Å². The minimum Gasteiger partial charge on any atom is -0.619 e. The SMILES string of the molecule is O=C(Nc1ccc[n+]([O-])c1)c1cc(C(F)(F)F)cnc1Oc1ccc(F)cc1F. The van der Waals surface area contributed by atoms with Gasteiger partial charge in [-0.1, -0.05) is 0 Å². The monoisotopic (exact) mass is 411 g/mol. The lowest BCUT2D eigenvalue weighted by Gasteiger charge is -2.13. The Balaban J connectivity index is 2.00. The molecule has 2 aromatic heterocycles. The van der Waals surface area contributed by atoms with E-state index in [-0.39, 0.29) is 5.69 Å². The maximum Gasteiger partial charge on any atom is 0.417 e. The highest BCUT2D eigenvalue weighted by molar-refractivity contribution is 6.05. The largest absolute Gasteiger partial charge is 0.619 e. The number of anilines is 1. The van der Waals surface area contributed by atoms with Gasteiger partial charge in [-0.15, -0.1) is 0 Å². The highest BCUT2D eigenvalue weighted by Crippen LogP contribution is 2.33. The maximum absolute atomic E-state index is 13.8. The Hall–Kier alpha value is -3.76. The first-order valence-corrected chi connectivity index (χ1v) is 7.84.